The van der Waals surface area contributed by atoms with Gasteiger partial charge in [0.15, 0.2) is 0 Å². The molecule has 0 saturated heterocycles. The third-order valence-electron chi connectivity index (χ3n) is 21.6. The lowest BCUT2D eigenvalue weighted by molar-refractivity contribution is 0.215. The molecule has 8 aromatic rings. The Morgan fingerprint density at radius 2 is 0.988 bits per heavy atom. The summed E-state index contributed by atoms with van der Waals surface area (Å²) >= 11 is 0. The summed E-state index contributed by atoms with van der Waals surface area (Å²) in [6.45, 7) is 36.6. The highest BCUT2D eigenvalue weighted by atomic mass is 15.3. The molecule has 3 nitrogen and oxygen atoms in total. The maximum atomic E-state index is 2.95. The summed E-state index contributed by atoms with van der Waals surface area (Å²) in [6.07, 6.45) is 6.71. The van der Waals surface area contributed by atoms with Gasteiger partial charge in [-0.3, -0.25) is 0 Å². The summed E-state index contributed by atoms with van der Waals surface area (Å²) in [4.78, 5) is 8.59. The summed E-state index contributed by atoms with van der Waals surface area (Å²) < 4.78 is 0. The number of nitrogens with zero attached hydrogens (tertiary/aromatic N) is 3. The fourth-order valence-electron chi connectivity index (χ4n) is 16.9. The van der Waals surface area contributed by atoms with E-state index < -0.39 is 5.54 Å². The SMILES string of the molecule is CC(C)(C)c1ccc2c(c1)B1c3cc(C(C)(C)C)cc4c3N(c3cc(N5c6ccc(C(C)(C)C)cc6C6(c7ccccc7)CCCCC56C)cc(c31)N2c1ccc(C(C)(C)C)cc1-c1ccccc1)C1(C)c2ccccc2CCC41C. The monoisotopic (exact) mass is 1060 g/mol. The Hall–Kier alpha value is -6.78. The van der Waals surface area contributed by atoms with E-state index in [-0.39, 0.29) is 44.7 Å². The molecular formula is C77H84BN3. The smallest absolute Gasteiger partial charge is 0.252 e. The summed E-state index contributed by atoms with van der Waals surface area (Å²) in [7, 11) is 0. The fourth-order valence-corrected chi connectivity index (χ4v) is 16.9. The van der Waals surface area contributed by atoms with E-state index in [1.165, 1.54) is 130 Å². The number of hydrogen-bond acceptors (Lipinski definition) is 3. The Balaban J connectivity index is 1.16. The van der Waals surface area contributed by atoms with Gasteiger partial charge >= 0.3 is 0 Å². The van der Waals surface area contributed by atoms with Crippen LogP contribution < -0.4 is 31.1 Å². The number of hydrogen-bond donors (Lipinski definition) is 0. The van der Waals surface area contributed by atoms with E-state index in [9.17, 15) is 0 Å². The highest BCUT2D eigenvalue weighted by Crippen LogP contribution is 2.68. The van der Waals surface area contributed by atoms with Gasteiger partial charge in [-0.15, -0.1) is 0 Å². The molecular weight excluding hydrogens is 978 g/mol. The zero-order valence-corrected chi connectivity index (χ0v) is 51.3. The Morgan fingerprint density at radius 3 is 1.67 bits per heavy atom. The van der Waals surface area contributed by atoms with Crippen LogP contribution in [-0.4, -0.2) is 12.3 Å². The van der Waals surface area contributed by atoms with Crippen molar-refractivity contribution in [3.8, 4) is 11.1 Å². The molecule has 410 valence electrons. The van der Waals surface area contributed by atoms with E-state index in [4.69, 9.17) is 0 Å². The van der Waals surface area contributed by atoms with Crippen LogP contribution in [0.4, 0.5) is 39.8 Å². The molecule has 6 aliphatic rings. The van der Waals surface area contributed by atoms with E-state index in [2.05, 4.69) is 282 Å². The van der Waals surface area contributed by atoms with Crippen molar-refractivity contribution in [1.82, 2.24) is 0 Å². The molecule has 2 aliphatic carbocycles. The van der Waals surface area contributed by atoms with E-state index >= 15 is 0 Å². The molecule has 0 spiro atoms. The summed E-state index contributed by atoms with van der Waals surface area (Å²) in [5, 5.41) is 0. The van der Waals surface area contributed by atoms with Crippen molar-refractivity contribution >= 4 is 62.9 Å². The van der Waals surface area contributed by atoms with Gasteiger partial charge in [0.05, 0.1) is 16.8 Å². The van der Waals surface area contributed by atoms with Gasteiger partial charge in [0, 0.05) is 50.5 Å². The van der Waals surface area contributed by atoms with Gasteiger partial charge in [0.1, 0.15) is 0 Å². The van der Waals surface area contributed by atoms with Crippen LogP contribution in [0.1, 0.15) is 186 Å². The van der Waals surface area contributed by atoms with Crippen LogP contribution in [0.3, 0.4) is 0 Å². The molecule has 4 atom stereocenters. The maximum Gasteiger partial charge on any atom is 0.252 e. The van der Waals surface area contributed by atoms with Gasteiger partial charge in [-0.05, 0) is 170 Å². The Morgan fingerprint density at radius 1 is 0.432 bits per heavy atom. The topological polar surface area (TPSA) is 9.72 Å². The van der Waals surface area contributed by atoms with Crippen molar-refractivity contribution in [2.75, 3.05) is 14.7 Å². The third-order valence-corrected chi connectivity index (χ3v) is 21.6. The van der Waals surface area contributed by atoms with E-state index in [1.54, 1.807) is 0 Å². The van der Waals surface area contributed by atoms with Crippen molar-refractivity contribution in [1.29, 1.82) is 0 Å². The normalized spacial score (nSPS) is 23.3. The second-order valence-corrected chi connectivity index (χ2v) is 30.2. The van der Waals surface area contributed by atoms with Crippen LogP contribution in [0.5, 0.6) is 0 Å². The largest absolute Gasteiger partial charge is 0.334 e. The predicted octanol–water partition coefficient (Wildman–Crippen LogP) is 18.2. The predicted molar refractivity (Wildman–Crippen MR) is 347 cm³/mol. The van der Waals surface area contributed by atoms with Gasteiger partial charge in [-0.1, -0.05) is 230 Å². The molecule has 0 N–H and O–H groups in total. The molecule has 0 amide bonds. The van der Waals surface area contributed by atoms with Crippen molar-refractivity contribution in [2.45, 2.75) is 186 Å². The quantitative estimate of drug-likeness (QED) is 0.163. The number of benzene rings is 8. The van der Waals surface area contributed by atoms with Crippen LogP contribution in [0.15, 0.2) is 164 Å². The highest BCUT2D eigenvalue weighted by Gasteiger charge is 2.65. The van der Waals surface area contributed by atoms with Gasteiger partial charge in [0.25, 0.3) is 6.71 Å². The molecule has 0 radical (unpaired) electrons. The fraction of sp³-hybridized carbons (Fsp3) is 0.377. The molecule has 8 aromatic carbocycles. The molecule has 1 fully saturated rings. The van der Waals surface area contributed by atoms with Gasteiger partial charge < -0.3 is 14.7 Å². The lowest BCUT2D eigenvalue weighted by atomic mass is 9.33. The first-order valence-electron chi connectivity index (χ1n) is 30.7. The first kappa shape index (κ1) is 52.3. The molecule has 4 heteroatoms. The second kappa shape index (κ2) is 17.2. The Bertz CT molecular complexity index is 3900. The Labute approximate surface area is 485 Å². The zero-order chi connectivity index (χ0) is 56.8. The van der Waals surface area contributed by atoms with E-state index in [1.807, 2.05) is 0 Å². The summed E-state index contributed by atoms with van der Waals surface area (Å²) in [6, 6.07) is 65.9. The Kier molecular flexibility index (Phi) is 11.1. The lowest BCUT2D eigenvalue weighted by Gasteiger charge is -2.54. The highest BCUT2D eigenvalue weighted by molar-refractivity contribution is 7.00. The minimum atomic E-state index is -0.401. The minimum Gasteiger partial charge on any atom is -0.334 e. The van der Waals surface area contributed by atoms with E-state index in [0.717, 1.165) is 25.7 Å². The van der Waals surface area contributed by atoms with Gasteiger partial charge in [-0.2, -0.15) is 0 Å². The van der Waals surface area contributed by atoms with E-state index in [0.29, 0.717) is 0 Å². The van der Waals surface area contributed by atoms with Crippen LogP contribution in [0.25, 0.3) is 11.1 Å². The molecule has 4 unspecified atom stereocenters. The summed E-state index contributed by atoms with van der Waals surface area (Å²) in [5.41, 5.74) is 27.5. The van der Waals surface area contributed by atoms with Crippen LogP contribution in [-0.2, 0) is 44.4 Å². The molecule has 4 aliphatic heterocycles. The molecule has 14 rings (SSSR count). The molecule has 0 bridgehead atoms. The molecule has 1 saturated carbocycles. The number of fused-ring (bicyclic) bond motifs is 12. The molecule has 81 heavy (non-hydrogen) atoms. The molecule has 0 aromatic heterocycles. The van der Waals surface area contributed by atoms with Crippen molar-refractivity contribution < 1.29 is 0 Å². The number of aryl methyl sites for hydroxylation is 1. The lowest BCUT2D eigenvalue weighted by Crippen LogP contribution is -2.64. The maximum absolute atomic E-state index is 2.95. The van der Waals surface area contributed by atoms with Gasteiger partial charge in [0.2, 0.25) is 0 Å². The average molecular weight is 1060 g/mol. The van der Waals surface area contributed by atoms with Crippen molar-refractivity contribution in [2.24, 2.45) is 0 Å². The minimum absolute atomic E-state index is 0.0117. The first-order chi connectivity index (χ1) is 38.3. The third kappa shape index (κ3) is 7.13. The van der Waals surface area contributed by atoms with Crippen LogP contribution in [0, 0.1) is 0 Å². The molecule has 4 heterocycles. The van der Waals surface area contributed by atoms with Gasteiger partial charge in [-0.25, -0.2) is 0 Å². The number of anilines is 7. The zero-order valence-electron chi connectivity index (χ0n) is 51.3. The number of rotatable bonds is 4. The second-order valence-electron chi connectivity index (χ2n) is 30.2. The first-order valence-corrected chi connectivity index (χ1v) is 30.7. The van der Waals surface area contributed by atoms with Crippen molar-refractivity contribution in [3.05, 3.63) is 214 Å². The van der Waals surface area contributed by atoms with Crippen molar-refractivity contribution in [3.63, 3.8) is 0 Å². The summed E-state index contributed by atoms with van der Waals surface area (Å²) in [5.74, 6) is 0. The van der Waals surface area contributed by atoms with Crippen LogP contribution >= 0.6 is 0 Å². The van der Waals surface area contributed by atoms with Crippen LogP contribution in [0.2, 0.25) is 0 Å². The average Bonchev–Trinajstić information content (AvgIpc) is 1.68. The standard InChI is InChI=1S/C77H84BN3/c1-70(2,3)52-32-35-63(57(42-52)49-26-18-16-19-27-49)79-65-37-34-54(72(7,8)9)45-61(65)78-62-46-55(73(10,11)12)44-60-69(62)81(76(15)58-31-23-22-28-50(58)38-41-74(60,76)13)67-48-56(47-66(79)68(67)78)80-64-36-33-53(71(4,5)6)43-59(64)77(51-29-20-17-21-30-51)40-25-24-39-75(77,80)14/h16-23,26-37,42-48H,24-25,38-41H2,1-15H3.